The van der Waals surface area contributed by atoms with Gasteiger partial charge >= 0.3 is 0 Å². The second kappa shape index (κ2) is 3.00. The van der Waals surface area contributed by atoms with Gasteiger partial charge in [0, 0.05) is 0 Å². The maximum Gasteiger partial charge on any atom is 0.110 e. The van der Waals surface area contributed by atoms with Gasteiger partial charge in [0.15, 0.2) is 0 Å². The molecule has 0 aromatic heterocycles. The quantitative estimate of drug-likeness (QED) is 0.485. The van der Waals surface area contributed by atoms with E-state index < -0.39 is 8.07 Å². The van der Waals surface area contributed by atoms with Crippen LogP contribution in [0.25, 0.3) is 0 Å². The molecule has 0 spiro atoms. The van der Waals surface area contributed by atoms with Crippen LogP contribution in [0.5, 0.6) is 0 Å². The first-order valence-corrected chi connectivity index (χ1v) is 8.33. The van der Waals surface area contributed by atoms with E-state index in [1.54, 1.807) is 0 Å². The minimum Gasteiger partial charge on any atom is -0.362 e. The van der Waals surface area contributed by atoms with E-state index in [0.717, 1.165) is 6.42 Å². The fourth-order valence-corrected chi connectivity index (χ4v) is 2.15. The maximum absolute atomic E-state index is 5.58. The van der Waals surface area contributed by atoms with Crippen LogP contribution >= 0.6 is 0 Å². The molecule has 0 bridgehead atoms. The summed E-state index contributed by atoms with van der Waals surface area (Å²) in [5, 5.41) is 0. The van der Waals surface area contributed by atoms with Gasteiger partial charge in [0.2, 0.25) is 0 Å². The first kappa shape index (κ1) is 10.0. The third-order valence-electron chi connectivity index (χ3n) is 2.26. The van der Waals surface area contributed by atoms with Gasteiger partial charge in [-0.3, -0.25) is 0 Å². The Morgan fingerprint density at radius 2 is 2.00 bits per heavy atom. The highest BCUT2D eigenvalue weighted by molar-refractivity contribution is 6.80. The minimum atomic E-state index is -1.03. The van der Waals surface area contributed by atoms with Gasteiger partial charge in [0.25, 0.3) is 0 Å². The predicted molar refractivity (Wildman–Crippen MR) is 56.1 cm³/mol. The summed E-state index contributed by atoms with van der Waals surface area (Å²) in [5.41, 5.74) is 2.46. The normalized spacial score (nSPS) is 35.9. The molecule has 0 saturated carbocycles. The fourth-order valence-electron chi connectivity index (χ4n) is 1.32. The number of hydrogen-bond acceptors (Lipinski definition) is 1. The van der Waals surface area contributed by atoms with Crippen molar-refractivity contribution in [1.29, 1.82) is 0 Å². The molecule has 1 nitrogen and oxygen atoms in total. The maximum atomic E-state index is 5.58. The highest BCUT2D eigenvalue weighted by Crippen LogP contribution is 2.39. The molecule has 0 aromatic carbocycles. The van der Waals surface area contributed by atoms with Crippen LogP contribution in [0.4, 0.5) is 0 Å². The van der Waals surface area contributed by atoms with Crippen LogP contribution in [0, 0.1) is 0 Å². The number of hydrogen-bond donors (Lipinski definition) is 0. The highest BCUT2D eigenvalue weighted by Gasteiger charge is 2.48. The summed E-state index contributed by atoms with van der Waals surface area (Å²) in [5.74, 6) is 0. The van der Waals surface area contributed by atoms with Crippen LogP contribution in [0.15, 0.2) is 11.8 Å². The largest absolute Gasteiger partial charge is 0.362 e. The Balaban J connectivity index is 2.48. The number of epoxide rings is 1. The molecule has 12 heavy (non-hydrogen) atoms. The summed E-state index contributed by atoms with van der Waals surface area (Å²) < 4.78 is 5.58. The van der Waals surface area contributed by atoms with Gasteiger partial charge < -0.3 is 4.74 Å². The standard InChI is InChI=1S/C10H20OSi/c1-6-9-10(2,11-9)7-8-12(3,4)5/h7-9H,6H2,1-5H3/b8-7+. The van der Waals surface area contributed by atoms with E-state index in [1.807, 2.05) is 0 Å². The molecule has 2 heteroatoms. The van der Waals surface area contributed by atoms with Crippen LogP contribution in [-0.4, -0.2) is 19.8 Å². The van der Waals surface area contributed by atoms with Gasteiger partial charge in [0.1, 0.15) is 5.60 Å². The third kappa shape index (κ3) is 2.46. The molecule has 70 valence electrons. The smallest absolute Gasteiger partial charge is 0.110 e. The molecule has 1 heterocycles. The Bertz CT molecular complexity index is 193. The van der Waals surface area contributed by atoms with Crippen molar-refractivity contribution in [2.45, 2.75) is 51.6 Å². The molecule has 2 atom stereocenters. The predicted octanol–water partition coefficient (Wildman–Crippen LogP) is 2.99. The van der Waals surface area contributed by atoms with Crippen LogP contribution in [-0.2, 0) is 4.74 Å². The molecule has 0 aromatic rings. The third-order valence-corrected chi connectivity index (χ3v) is 3.43. The monoisotopic (exact) mass is 184 g/mol. The average molecular weight is 184 g/mol. The summed E-state index contributed by atoms with van der Waals surface area (Å²) in [7, 11) is -1.03. The zero-order valence-corrected chi connectivity index (χ0v) is 9.85. The summed E-state index contributed by atoms with van der Waals surface area (Å²) in [6, 6.07) is 0. The Kier molecular flexibility index (Phi) is 2.50. The molecule has 2 unspecified atom stereocenters. The fraction of sp³-hybridized carbons (Fsp3) is 0.800. The van der Waals surface area contributed by atoms with Crippen molar-refractivity contribution in [3.05, 3.63) is 11.8 Å². The SMILES string of the molecule is CCC1OC1(C)/C=C/[Si](C)(C)C. The van der Waals surface area contributed by atoms with Gasteiger partial charge in [-0.2, -0.15) is 0 Å². The lowest BCUT2D eigenvalue weighted by molar-refractivity contribution is 0.340. The van der Waals surface area contributed by atoms with E-state index in [2.05, 4.69) is 45.3 Å². The molecular weight excluding hydrogens is 164 g/mol. The Morgan fingerprint density at radius 1 is 1.42 bits per heavy atom. The molecule has 0 N–H and O–H groups in total. The summed E-state index contributed by atoms with van der Waals surface area (Å²) in [4.78, 5) is 0. The van der Waals surface area contributed by atoms with Crippen molar-refractivity contribution in [1.82, 2.24) is 0 Å². The Labute approximate surface area is 76.8 Å². The summed E-state index contributed by atoms with van der Waals surface area (Å²) in [6.07, 6.45) is 3.88. The topological polar surface area (TPSA) is 12.5 Å². The molecule has 1 rings (SSSR count). The minimum absolute atomic E-state index is 0.0784. The lowest BCUT2D eigenvalue weighted by atomic mass is 10.1. The second-order valence-electron chi connectivity index (χ2n) is 4.90. The van der Waals surface area contributed by atoms with Crippen LogP contribution < -0.4 is 0 Å². The van der Waals surface area contributed by atoms with Gasteiger partial charge in [0.05, 0.1) is 14.2 Å². The van der Waals surface area contributed by atoms with Crippen LogP contribution in [0.2, 0.25) is 19.6 Å². The molecule has 1 saturated heterocycles. The summed E-state index contributed by atoms with van der Waals surface area (Å²) in [6.45, 7) is 11.4. The highest BCUT2D eigenvalue weighted by atomic mass is 28.3. The molecule has 1 fully saturated rings. The first-order valence-electron chi connectivity index (χ1n) is 4.75. The lowest BCUT2D eigenvalue weighted by Gasteiger charge is -2.09. The van der Waals surface area contributed by atoms with Crippen molar-refractivity contribution >= 4 is 8.07 Å². The molecule has 0 radical (unpaired) electrons. The Hall–Kier alpha value is -0.0831. The number of rotatable bonds is 3. The lowest BCUT2D eigenvalue weighted by Crippen LogP contribution is -2.17. The molecular formula is C10H20OSi. The van der Waals surface area contributed by atoms with Crippen molar-refractivity contribution in [3.63, 3.8) is 0 Å². The van der Waals surface area contributed by atoms with Crippen molar-refractivity contribution < 1.29 is 4.74 Å². The second-order valence-corrected chi connectivity index (χ2v) is 9.96. The molecule has 0 aliphatic carbocycles. The van der Waals surface area contributed by atoms with E-state index in [0.29, 0.717) is 6.10 Å². The van der Waals surface area contributed by atoms with Crippen molar-refractivity contribution in [2.24, 2.45) is 0 Å². The van der Waals surface area contributed by atoms with Crippen molar-refractivity contribution in [3.8, 4) is 0 Å². The molecule has 1 aliphatic rings. The zero-order chi connectivity index (χ0) is 9.41. The van der Waals surface area contributed by atoms with E-state index in [4.69, 9.17) is 4.74 Å². The van der Waals surface area contributed by atoms with E-state index in [-0.39, 0.29) is 5.60 Å². The Morgan fingerprint density at radius 3 is 2.33 bits per heavy atom. The number of ether oxygens (including phenoxy) is 1. The molecule has 1 aliphatic heterocycles. The van der Waals surface area contributed by atoms with E-state index >= 15 is 0 Å². The average Bonchev–Trinajstić information content (AvgIpc) is 2.58. The van der Waals surface area contributed by atoms with E-state index in [9.17, 15) is 0 Å². The van der Waals surface area contributed by atoms with E-state index in [1.165, 1.54) is 0 Å². The van der Waals surface area contributed by atoms with Crippen LogP contribution in [0.1, 0.15) is 20.3 Å². The zero-order valence-electron chi connectivity index (χ0n) is 8.85. The van der Waals surface area contributed by atoms with Gasteiger partial charge in [-0.25, -0.2) is 0 Å². The van der Waals surface area contributed by atoms with Gasteiger partial charge in [-0.15, -0.1) is 0 Å². The van der Waals surface area contributed by atoms with Gasteiger partial charge in [-0.05, 0) is 13.3 Å². The first-order chi connectivity index (χ1) is 5.37. The molecule has 0 amide bonds. The van der Waals surface area contributed by atoms with Crippen LogP contribution in [0.3, 0.4) is 0 Å². The summed E-state index contributed by atoms with van der Waals surface area (Å²) >= 11 is 0. The van der Waals surface area contributed by atoms with Crippen molar-refractivity contribution in [2.75, 3.05) is 0 Å². The van der Waals surface area contributed by atoms with Gasteiger partial charge in [-0.1, -0.05) is 38.3 Å².